The van der Waals surface area contributed by atoms with Crippen molar-refractivity contribution in [2.75, 3.05) is 0 Å². The van der Waals surface area contributed by atoms with Gasteiger partial charge >= 0.3 is 0 Å². The first-order valence-corrected chi connectivity index (χ1v) is 16.2. The molecule has 0 aromatic carbocycles. The first-order chi connectivity index (χ1) is 20.4. The molecule has 2 aliphatic heterocycles. The Bertz CT molecular complexity index is 1580. The van der Waals surface area contributed by atoms with E-state index in [0.29, 0.717) is 0 Å². The van der Waals surface area contributed by atoms with E-state index in [-0.39, 0.29) is 23.1 Å². The van der Waals surface area contributed by atoms with E-state index in [9.17, 15) is 9.59 Å². The van der Waals surface area contributed by atoms with Gasteiger partial charge in [0.2, 0.25) is 0 Å². The van der Waals surface area contributed by atoms with Crippen LogP contribution in [0.25, 0.3) is 12.2 Å². The highest BCUT2D eigenvalue weighted by atomic mass is 16.2. The number of rotatable bonds is 5. The zero-order valence-corrected chi connectivity index (χ0v) is 27.0. The molecule has 2 aromatic heterocycles. The zero-order chi connectivity index (χ0) is 30.5. The Kier molecular flexibility index (Phi) is 6.39. The van der Waals surface area contributed by atoms with Gasteiger partial charge in [-0.1, -0.05) is 0 Å². The van der Waals surface area contributed by atoms with Crippen LogP contribution in [-0.4, -0.2) is 21.8 Å². The molecule has 6 nitrogen and oxygen atoms in total. The molecule has 4 N–H and O–H groups in total. The number of carbonyl (C=O) groups is 2. The maximum absolute atomic E-state index is 12.4. The van der Waals surface area contributed by atoms with Crippen LogP contribution in [0.15, 0.2) is 33.7 Å². The lowest BCUT2D eigenvalue weighted by Crippen LogP contribution is -2.49. The zero-order valence-electron chi connectivity index (χ0n) is 27.0. The van der Waals surface area contributed by atoms with Crippen molar-refractivity contribution in [2.24, 2.45) is 23.2 Å². The fourth-order valence-corrected chi connectivity index (χ4v) is 9.57. The van der Waals surface area contributed by atoms with Gasteiger partial charge in [-0.2, -0.15) is 0 Å². The van der Waals surface area contributed by atoms with Crippen LogP contribution >= 0.6 is 0 Å². The summed E-state index contributed by atoms with van der Waals surface area (Å²) in [5.41, 5.74) is 15.5. The van der Waals surface area contributed by atoms with Crippen molar-refractivity contribution in [1.82, 2.24) is 20.6 Å². The predicted molar refractivity (Wildman–Crippen MR) is 172 cm³/mol. The Morgan fingerprint density at radius 2 is 0.953 bits per heavy atom. The molecule has 6 aliphatic rings. The van der Waals surface area contributed by atoms with Crippen LogP contribution in [0, 0.1) is 50.9 Å². The fraction of sp³-hybridized carbons (Fsp3) is 0.514. The van der Waals surface area contributed by atoms with Crippen molar-refractivity contribution in [2.45, 2.75) is 99.8 Å². The number of allylic oxidation sites excluding steroid dienone is 2. The van der Waals surface area contributed by atoms with E-state index >= 15 is 0 Å². The maximum Gasteiger partial charge on any atom is 0.251 e. The Hall–Kier alpha value is -3.54. The molecule has 4 saturated carbocycles. The molecule has 4 fully saturated rings. The highest BCUT2D eigenvalue weighted by Crippen LogP contribution is 2.66. The van der Waals surface area contributed by atoms with Crippen LogP contribution in [0.1, 0.15) is 117 Å². The van der Waals surface area contributed by atoms with E-state index in [1.54, 1.807) is 0 Å². The Balaban J connectivity index is 1.38. The van der Waals surface area contributed by atoms with Gasteiger partial charge in [-0.15, -0.1) is 0 Å². The Labute approximate surface area is 255 Å². The predicted octanol–water partition coefficient (Wildman–Crippen LogP) is 7.54. The van der Waals surface area contributed by atoms with Crippen molar-refractivity contribution < 1.29 is 9.59 Å². The molecule has 0 saturated heterocycles. The summed E-state index contributed by atoms with van der Waals surface area (Å²) < 4.78 is 0. The van der Waals surface area contributed by atoms with Gasteiger partial charge in [-0.3, -0.25) is 9.59 Å². The van der Waals surface area contributed by atoms with Crippen molar-refractivity contribution in [3.05, 3.63) is 78.7 Å². The van der Waals surface area contributed by atoms with Crippen LogP contribution in [0.4, 0.5) is 0 Å². The summed E-state index contributed by atoms with van der Waals surface area (Å²) in [6.45, 7) is 16.8. The molecular weight excluding hydrogens is 532 g/mol. The first-order valence-electron chi connectivity index (χ1n) is 16.2. The number of hydrogen-bond donors (Lipinski definition) is 4. The normalized spacial score (nSPS) is 30.8. The lowest BCUT2D eigenvalue weighted by Gasteiger charge is -2.59. The van der Waals surface area contributed by atoms with Crippen molar-refractivity contribution in [3.8, 4) is 0 Å². The second-order valence-corrected chi connectivity index (χ2v) is 14.6. The monoisotopic (exact) mass is 578 g/mol. The third-order valence-corrected chi connectivity index (χ3v) is 12.2. The molecule has 4 aliphatic carbocycles. The number of aromatic amines is 2. The summed E-state index contributed by atoms with van der Waals surface area (Å²) in [5, 5.41) is 6.15. The van der Waals surface area contributed by atoms with Crippen LogP contribution < -0.4 is 10.6 Å². The lowest BCUT2D eigenvalue weighted by atomic mass is 9.45. The fourth-order valence-electron chi connectivity index (χ4n) is 9.57. The third kappa shape index (κ3) is 4.27. The molecule has 43 heavy (non-hydrogen) atoms. The minimum Gasteiger partial charge on any atom is -0.358 e. The second kappa shape index (κ2) is 9.73. The van der Waals surface area contributed by atoms with E-state index in [4.69, 9.17) is 0 Å². The van der Waals surface area contributed by atoms with E-state index in [2.05, 4.69) is 60.4 Å². The number of H-pyrrole nitrogens is 2. The van der Waals surface area contributed by atoms with Gasteiger partial charge in [-0.25, -0.2) is 0 Å². The summed E-state index contributed by atoms with van der Waals surface area (Å²) in [6.07, 6.45) is 12.4. The van der Waals surface area contributed by atoms with Gasteiger partial charge in [0.15, 0.2) is 0 Å². The van der Waals surface area contributed by atoms with Crippen molar-refractivity contribution in [1.29, 1.82) is 0 Å². The van der Waals surface area contributed by atoms with E-state index in [1.807, 2.05) is 27.7 Å². The molecule has 4 heterocycles. The molecule has 0 radical (unpaired) electrons. The Morgan fingerprint density at radius 1 is 0.581 bits per heavy atom. The highest BCUT2D eigenvalue weighted by Gasteiger charge is 2.56. The largest absolute Gasteiger partial charge is 0.358 e. The first kappa shape index (κ1) is 28.2. The van der Waals surface area contributed by atoms with Crippen molar-refractivity contribution >= 4 is 24.0 Å². The molecule has 2 aromatic rings. The second-order valence-electron chi connectivity index (χ2n) is 14.6. The van der Waals surface area contributed by atoms with Gasteiger partial charge in [0, 0.05) is 51.2 Å². The van der Waals surface area contributed by atoms with Crippen LogP contribution in [0.5, 0.6) is 0 Å². The molecule has 6 heteroatoms. The molecule has 8 rings (SSSR count). The van der Waals surface area contributed by atoms with Gasteiger partial charge < -0.3 is 20.6 Å². The number of hydrogen-bond acceptors (Lipinski definition) is 2. The van der Waals surface area contributed by atoms with E-state index in [1.165, 1.54) is 72.2 Å². The molecule has 2 amide bonds. The molecule has 226 valence electrons. The lowest BCUT2D eigenvalue weighted by molar-refractivity contribution is -0.117. The quantitative estimate of drug-likeness (QED) is 0.295. The van der Waals surface area contributed by atoms with Crippen molar-refractivity contribution in [3.63, 3.8) is 0 Å². The van der Waals surface area contributed by atoms with E-state index in [0.717, 1.165) is 62.8 Å². The van der Waals surface area contributed by atoms with Gasteiger partial charge in [0.05, 0.1) is 0 Å². The number of amides is 2. The standard InChI is InChI=1S/C37H46N4O2/c1-17-21(5)33(38-28(17)12-30-19(3)23(7)35(42)40-30)32(37-14-25-9-26(15-37)11-27(10-25)16-37)34-22(6)18(2)29(39-34)13-31-20(4)24(8)36(43)41-31/h12-13,25-27,32,38-39H,9-11,14-16H2,1-8H3,(H,40,42)(H,41,43)/b30-12-,31-13-. The molecule has 4 bridgehead atoms. The molecule has 0 atom stereocenters. The van der Waals surface area contributed by atoms with E-state index < -0.39 is 0 Å². The third-order valence-electron chi connectivity index (χ3n) is 12.2. The molecule has 0 spiro atoms. The topological polar surface area (TPSA) is 89.8 Å². The molecular formula is C37H46N4O2. The SMILES string of the molecule is CC1=C(C)/C(=C/c2[nH]c(C(c3[nH]c(/C=C4\NC(=O)C(C)=C4C)c(C)c3C)C34CC5CC(CC(C5)C3)C4)c(C)c2C)NC1=O. The summed E-state index contributed by atoms with van der Waals surface area (Å²) in [4.78, 5) is 32.7. The highest BCUT2D eigenvalue weighted by molar-refractivity contribution is 6.01. The minimum atomic E-state index is -0.00536. The molecule has 0 unspecified atom stereocenters. The van der Waals surface area contributed by atoms with Crippen LogP contribution in [0.3, 0.4) is 0 Å². The summed E-state index contributed by atoms with van der Waals surface area (Å²) >= 11 is 0. The Morgan fingerprint density at radius 3 is 1.28 bits per heavy atom. The number of aromatic nitrogens is 2. The summed E-state index contributed by atoms with van der Waals surface area (Å²) in [7, 11) is 0. The van der Waals surface area contributed by atoms with Gasteiger partial charge in [-0.05, 0) is 163 Å². The smallest absolute Gasteiger partial charge is 0.251 e. The number of carbonyl (C=O) groups excluding carboxylic acids is 2. The average molecular weight is 579 g/mol. The van der Waals surface area contributed by atoms with Gasteiger partial charge in [0.25, 0.3) is 11.8 Å². The van der Waals surface area contributed by atoms with Gasteiger partial charge in [0.1, 0.15) is 0 Å². The van der Waals surface area contributed by atoms with Crippen LogP contribution in [0.2, 0.25) is 0 Å². The average Bonchev–Trinajstić information content (AvgIpc) is 3.56. The maximum atomic E-state index is 12.4. The summed E-state index contributed by atoms with van der Waals surface area (Å²) in [5.74, 6) is 2.71. The number of nitrogens with one attached hydrogen (secondary N) is 4. The summed E-state index contributed by atoms with van der Waals surface area (Å²) in [6, 6.07) is 0. The minimum absolute atomic E-state index is 0.00536. The van der Waals surface area contributed by atoms with Crippen LogP contribution in [-0.2, 0) is 9.59 Å².